The Hall–Kier alpha value is -0.930. The molecule has 2 rings (SSSR count). The minimum absolute atomic E-state index is 0.576. The zero-order chi connectivity index (χ0) is 13.7. The van der Waals surface area contributed by atoms with Crippen LogP contribution in [0.3, 0.4) is 0 Å². The molecule has 0 spiro atoms. The topological polar surface area (TPSA) is 42.1 Å². The number of nitrogens with zero attached hydrogens (tertiary/aromatic N) is 2. The molecule has 1 fully saturated rings. The van der Waals surface area contributed by atoms with Crippen LogP contribution in [0.5, 0.6) is 0 Å². The van der Waals surface area contributed by atoms with Gasteiger partial charge in [-0.25, -0.2) is 0 Å². The first kappa shape index (κ1) is 14.5. The van der Waals surface area contributed by atoms with Gasteiger partial charge in [-0.15, -0.1) is 0 Å². The lowest BCUT2D eigenvalue weighted by Crippen LogP contribution is -2.25. The van der Waals surface area contributed by atoms with Crippen molar-refractivity contribution in [1.82, 2.24) is 9.88 Å². The maximum atomic E-state index is 5.60. The lowest BCUT2D eigenvalue weighted by molar-refractivity contribution is 0.262. The molecule has 106 valence electrons. The molecule has 19 heavy (non-hydrogen) atoms. The summed E-state index contributed by atoms with van der Waals surface area (Å²) in [6.07, 6.45) is 5.94. The van der Waals surface area contributed by atoms with E-state index in [1.54, 1.807) is 0 Å². The van der Waals surface area contributed by atoms with Gasteiger partial charge in [0.05, 0.1) is 5.69 Å². The zero-order valence-electron chi connectivity index (χ0n) is 12.3. The molecule has 1 aromatic heterocycles. The van der Waals surface area contributed by atoms with Crippen molar-refractivity contribution in [2.45, 2.75) is 46.2 Å². The van der Waals surface area contributed by atoms with Gasteiger partial charge in [0.25, 0.3) is 0 Å². The molecule has 0 aliphatic carbocycles. The highest BCUT2D eigenvalue weighted by Crippen LogP contribution is 2.25. The summed E-state index contributed by atoms with van der Waals surface area (Å²) >= 11 is 0. The summed E-state index contributed by atoms with van der Waals surface area (Å²) in [5.74, 6) is 1.72. The predicted molar refractivity (Wildman–Crippen MR) is 79.6 cm³/mol. The second kappa shape index (κ2) is 7.01. The van der Waals surface area contributed by atoms with Crippen LogP contribution >= 0.6 is 0 Å². The van der Waals surface area contributed by atoms with Gasteiger partial charge in [0, 0.05) is 19.3 Å². The predicted octanol–water partition coefficient (Wildman–Crippen LogP) is 2.80. The van der Waals surface area contributed by atoms with Crippen molar-refractivity contribution in [2.24, 2.45) is 17.6 Å². The van der Waals surface area contributed by atoms with Crippen LogP contribution in [0.2, 0.25) is 0 Å². The third-order valence-corrected chi connectivity index (χ3v) is 4.32. The van der Waals surface area contributed by atoms with Crippen LogP contribution in [0.1, 0.15) is 44.4 Å². The average molecular weight is 261 g/mol. The monoisotopic (exact) mass is 261 g/mol. The Morgan fingerprint density at radius 3 is 2.79 bits per heavy atom. The van der Waals surface area contributed by atoms with Gasteiger partial charge >= 0.3 is 0 Å². The van der Waals surface area contributed by atoms with Gasteiger partial charge in [0.15, 0.2) is 0 Å². The first-order valence-electron chi connectivity index (χ1n) is 7.55. The van der Waals surface area contributed by atoms with Crippen molar-refractivity contribution in [1.29, 1.82) is 0 Å². The van der Waals surface area contributed by atoms with Crippen molar-refractivity contribution in [3.63, 3.8) is 0 Å². The van der Waals surface area contributed by atoms with E-state index in [0.717, 1.165) is 23.9 Å². The van der Waals surface area contributed by atoms with E-state index in [4.69, 9.17) is 5.73 Å². The summed E-state index contributed by atoms with van der Waals surface area (Å²) in [5, 5.41) is 0. The zero-order valence-corrected chi connectivity index (χ0v) is 12.3. The van der Waals surface area contributed by atoms with E-state index in [-0.39, 0.29) is 0 Å². The Labute approximate surface area is 117 Å². The molecule has 1 aromatic rings. The number of likely N-dealkylation sites (tertiary alicyclic amines) is 1. The molecule has 0 aromatic carbocycles. The standard InChI is InChI=1S/C16H27N3/c1-13(2)15-4-3-8-19(9-7-15)12-16-6-5-14(10-17)11-18-16/h5-6,11,13,15H,3-4,7-10,12,17H2,1-2H3. The number of aromatic nitrogens is 1. The third-order valence-electron chi connectivity index (χ3n) is 4.32. The average Bonchev–Trinajstić information content (AvgIpc) is 2.65. The van der Waals surface area contributed by atoms with E-state index in [2.05, 4.69) is 35.9 Å². The van der Waals surface area contributed by atoms with Crippen LogP contribution in [0.25, 0.3) is 0 Å². The summed E-state index contributed by atoms with van der Waals surface area (Å²) in [5.41, 5.74) is 7.88. The van der Waals surface area contributed by atoms with Gasteiger partial charge in [-0.2, -0.15) is 0 Å². The van der Waals surface area contributed by atoms with Gasteiger partial charge in [0.1, 0.15) is 0 Å². The molecule has 1 aliphatic rings. The molecule has 3 heteroatoms. The van der Waals surface area contributed by atoms with Crippen molar-refractivity contribution in [3.05, 3.63) is 29.6 Å². The summed E-state index contributed by atoms with van der Waals surface area (Å²) < 4.78 is 0. The Morgan fingerprint density at radius 1 is 1.32 bits per heavy atom. The highest BCUT2D eigenvalue weighted by molar-refractivity contribution is 5.13. The maximum Gasteiger partial charge on any atom is 0.0544 e. The van der Waals surface area contributed by atoms with Crippen LogP contribution in [-0.2, 0) is 13.1 Å². The quantitative estimate of drug-likeness (QED) is 0.906. The van der Waals surface area contributed by atoms with Crippen molar-refractivity contribution in [2.75, 3.05) is 13.1 Å². The van der Waals surface area contributed by atoms with Gasteiger partial charge < -0.3 is 5.73 Å². The first-order valence-corrected chi connectivity index (χ1v) is 7.55. The molecule has 0 saturated carbocycles. The molecule has 2 N–H and O–H groups in total. The minimum atomic E-state index is 0.576. The van der Waals surface area contributed by atoms with Crippen LogP contribution in [0, 0.1) is 11.8 Å². The molecule has 2 heterocycles. The van der Waals surface area contributed by atoms with Gasteiger partial charge in [-0.1, -0.05) is 19.9 Å². The molecule has 0 radical (unpaired) electrons. The van der Waals surface area contributed by atoms with Crippen LogP contribution in [0.4, 0.5) is 0 Å². The van der Waals surface area contributed by atoms with Crippen molar-refractivity contribution >= 4 is 0 Å². The normalized spacial score (nSPS) is 21.6. The Balaban J connectivity index is 1.88. The van der Waals surface area contributed by atoms with Gasteiger partial charge in [-0.05, 0) is 55.8 Å². The highest BCUT2D eigenvalue weighted by Gasteiger charge is 2.19. The number of hydrogen-bond acceptors (Lipinski definition) is 3. The SMILES string of the molecule is CC(C)C1CCCN(Cc2ccc(CN)cn2)CC1. The van der Waals surface area contributed by atoms with Crippen LogP contribution in [-0.4, -0.2) is 23.0 Å². The summed E-state index contributed by atoms with van der Waals surface area (Å²) in [6.45, 7) is 8.69. The lowest BCUT2D eigenvalue weighted by atomic mass is 9.89. The van der Waals surface area contributed by atoms with E-state index >= 15 is 0 Å². The minimum Gasteiger partial charge on any atom is -0.326 e. The van der Waals surface area contributed by atoms with E-state index in [9.17, 15) is 0 Å². The maximum absolute atomic E-state index is 5.60. The summed E-state index contributed by atoms with van der Waals surface area (Å²) in [6, 6.07) is 4.21. The van der Waals surface area contributed by atoms with E-state index in [1.807, 2.05) is 6.20 Å². The van der Waals surface area contributed by atoms with Crippen LogP contribution in [0.15, 0.2) is 18.3 Å². The van der Waals surface area contributed by atoms with Gasteiger partial charge in [-0.3, -0.25) is 9.88 Å². The fourth-order valence-electron chi connectivity index (χ4n) is 2.90. The molecule has 0 bridgehead atoms. The van der Waals surface area contributed by atoms with E-state index < -0.39 is 0 Å². The van der Waals surface area contributed by atoms with E-state index in [1.165, 1.54) is 38.0 Å². The molecule has 1 saturated heterocycles. The highest BCUT2D eigenvalue weighted by atomic mass is 15.1. The van der Waals surface area contributed by atoms with Gasteiger partial charge in [0.2, 0.25) is 0 Å². The summed E-state index contributed by atoms with van der Waals surface area (Å²) in [4.78, 5) is 7.06. The lowest BCUT2D eigenvalue weighted by Gasteiger charge is -2.21. The van der Waals surface area contributed by atoms with Crippen LogP contribution < -0.4 is 5.73 Å². The Morgan fingerprint density at radius 2 is 2.16 bits per heavy atom. The largest absolute Gasteiger partial charge is 0.326 e. The molecule has 3 nitrogen and oxygen atoms in total. The third kappa shape index (κ3) is 4.29. The Bertz CT molecular complexity index is 372. The molecule has 1 aliphatic heterocycles. The molecule has 1 unspecified atom stereocenters. The smallest absolute Gasteiger partial charge is 0.0544 e. The fraction of sp³-hybridized carbons (Fsp3) is 0.688. The molecular formula is C16H27N3. The molecular weight excluding hydrogens is 234 g/mol. The molecule has 0 amide bonds. The number of rotatable bonds is 4. The second-order valence-corrected chi connectivity index (χ2v) is 6.07. The van der Waals surface area contributed by atoms with Crippen molar-refractivity contribution < 1.29 is 0 Å². The first-order chi connectivity index (χ1) is 9.19. The summed E-state index contributed by atoms with van der Waals surface area (Å²) in [7, 11) is 0. The number of hydrogen-bond donors (Lipinski definition) is 1. The van der Waals surface area contributed by atoms with Crippen molar-refractivity contribution in [3.8, 4) is 0 Å². The molecule has 1 atom stereocenters. The second-order valence-electron chi connectivity index (χ2n) is 6.07. The fourth-order valence-corrected chi connectivity index (χ4v) is 2.90. The number of pyridine rings is 1. The Kier molecular flexibility index (Phi) is 5.34. The van der Waals surface area contributed by atoms with E-state index in [0.29, 0.717) is 6.54 Å². The number of nitrogens with two attached hydrogens (primary N) is 1.